The molecule has 1 heterocycles. The summed E-state index contributed by atoms with van der Waals surface area (Å²) in [5.41, 5.74) is 8.83. The quantitative estimate of drug-likeness (QED) is 0.798. The zero-order valence-corrected chi connectivity index (χ0v) is 9.12. The Kier molecular flexibility index (Phi) is 2.60. The zero-order chi connectivity index (χ0) is 10.8. The number of nitrogens with zero attached hydrogens (tertiary/aromatic N) is 1. The van der Waals surface area contributed by atoms with Gasteiger partial charge in [-0.25, -0.2) is 4.98 Å². The van der Waals surface area contributed by atoms with Gasteiger partial charge in [0, 0.05) is 16.8 Å². The molecule has 0 unspecified atom stereocenters. The van der Waals surface area contributed by atoms with E-state index >= 15 is 0 Å². The predicted molar refractivity (Wildman–Crippen MR) is 63.8 cm³/mol. The fourth-order valence-corrected chi connectivity index (χ4v) is 1.64. The molecule has 15 heavy (non-hydrogen) atoms. The van der Waals surface area contributed by atoms with Crippen molar-refractivity contribution in [2.45, 2.75) is 6.92 Å². The molecule has 0 spiro atoms. The number of halogens is 1. The van der Waals surface area contributed by atoms with E-state index in [4.69, 9.17) is 17.3 Å². The normalized spacial score (nSPS) is 10.3. The smallest absolute Gasteiger partial charge is 0.123 e. The lowest BCUT2D eigenvalue weighted by Gasteiger charge is -2.06. The Morgan fingerprint density at radius 2 is 2.00 bits per heavy atom. The van der Waals surface area contributed by atoms with Gasteiger partial charge in [-0.2, -0.15) is 0 Å². The molecule has 1 aromatic carbocycles. The number of rotatable bonds is 1. The molecule has 2 N–H and O–H groups in total. The van der Waals surface area contributed by atoms with Crippen LogP contribution < -0.4 is 5.73 Å². The molecule has 1 aromatic heterocycles. The van der Waals surface area contributed by atoms with Crippen LogP contribution in [0, 0.1) is 6.92 Å². The van der Waals surface area contributed by atoms with E-state index in [0.717, 1.165) is 16.1 Å². The van der Waals surface area contributed by atoms with Gasteiger partial charge in [0.2, 0.25) is 0 Å². The van der Waals surface area contributed by atoms with Gasteiger partial charge in [-0.3, -0.25) is 0 Å². The van der Waals surface area contributed by atoms with Crippen LogP contribution in [0.5, 0.6) is 0 Å². The van der Waals surface area contributed by atoms with E-state index in [9.17, 15) is 0 Å². The molecule has 0 aliphatic heterocycles. The standard InChI is InChI=1S/C12H11ClN2/c1-8-2-4-10(13)6-11(8)9-3-5-12(14)15-7-9/h2-7H,1H3,(H2,14,15). The van der Waals surface area contributed by atoms with Crippen molar-refractivity contribution in [1.82, 2.24) is 4.98 Å². The predicted octanol–water partition coefficient (Wildman–Crippen LogP) is 3.29. The minimum atomic E-state index is 0.526. The monoisotopic (exact) mass is 218 g/mol. The molecule has 2 aromatic rings. The fraction of sp³-hybridized carbons (Fsp3) is 0.0833. The summed E-state index contributed by atoms with van der Waals surface area (Å²) in [6.45, 7) is 2.04. The molecule has 0 saturated carbocycles. The van der Waals surface area contributed by atoms with E-state index in [0.29, 0.717) is 5.82 Å². The van der Waals surface area contributed by atoms with Crippen molar-refractivity contribution in [3.63, 3.8) is 0 Å². The van der Waals surface area contributed by atoms with E-state index in [1.165, 1.54) is 5.56 Å². The summed E-state index contributed by atoms with van der Waals surface area (Å²) < 4.78 is 0. The van der Waals surface area contributed by atoms with Gasteiger partial charge in [0.25, 0.3) is 0 Å². The number of nitrogen functional groups attached to an aromatic ring is 1. The number of aromatic nitrogens is 1. The van der Waals surface area contributed by atoms with Crippen molar-refractivity contribution in [2.24, 2.45) is 0 Å². The van der Waals surface area contributed by atoms with Gasteiger partial charge in [-0.1, -0.05) is 17.7 Å². The highest BCUT2D eigenvalue weighted by Gasteiger charge is 2.02. The molecular formula is C12H11ClN2. The number of hydrogen-bond acceptors (Lipinski definition) is 2. The Morgan fingerprint density at radius 1 is 1.20 bits per heavy atom. The molecule has 0 bridgehead atoms. The molecule has 0 aliphatic rings. The summed E-state index contributed by atoms with van der Waals surface area (Å²) >= 11 is 5.95. The maximum absolute atomic E-state index is 5.95. The molecule has 2 rings (SSSR count). The van der Waals surface area contributed by atoms with Gasteiger partial charge < -0.3 is 5.73 Å². The van der Waals surface area contributed by atoms with Crippen LogP contribution in [-0.2, 0) is 0 Å². The van der Waals surface area contributed by atoms with Crippen LogP contribution in [0.3, 0.4) is 0 Å². The number of benzene rings is 1. The first-order valence-electron chi connectivity index (χ1n) is 4.65. The van der Waals surface area contributed by atoms with Gasteiger partial charge in [-0.15, -0.1) is 0 Å². The Hall–Kier alpha value is -1.54. The van der Waals surface area contributed by atoms with Crippen molar-refractivity contribution in [2.75, 3.05) is 5.73 Å². The lowest BCUT2D eigenvalue weighted by molar-refractivity contribution is 1.33. The lowest BCUT2D eigenvalue weighted by Crippen LogP contribution is -1.90. The molecule has 0 atom stereocenters. The van der Waals surface area contributed by atoms with Crippen LogP contribution >= 0.6 is 11.6 Å². The van der Waals surface area contributed by atoms with Crippen LogP contribution in [0.15, 0.2) is 36.5 Å². The summed E-state index contributed by atoms with van der Waals surface area (Å²) in [5, 5.41) is 0.729. The summed E-state index contributed by atoms with van der Waals surface area (Å²) in [6.07, 6.45) is 1.76. The summed E-state index contributed by atoms with van der Waals surface area (Å²) in [4.78, 5) is 4.06. The minimum Gasteiger partial charge on any atom is -0.384 e. The number of anilines is 1. The number of pyridine rings is 1. The van der Waals surface area contributed by atoms with E-state index in [2.05, 4.69) is 4.98 Å². The molecular weight excluding hydrogens is 208 g/mol. The molecule has 0 amide bonds. The molecule has 3 heteroatoms. The highest BCUT2D eigenvalue weighted by atomic mass is 35.5. The number of nitrogens with two attached hydrogens (primary N) is 1. The third kappa shape index (κ3) is 2.10. The average Bonchev–Trinajstić information content (AvgIpc) is 2.23. The lowest BCUT2D eigenvalue weighted by atomic mass is 10.0. The van der Waals surface area contributed by atoms with E-state index in [1.54, 1.807) is 12.3 Å². The van der Waals surface area contributed by atoms with Gasteiger partial charge >= 0.3 is 0 Å². The Labute approximate surface area is 93.7 Å². The van der Waals surface area contributed by atoms with Crippen molar-refractivity contribution in [1.29, 1.82) is 0 Å². The first kappa shape index (κ1) is 9.99. The molecule has 0 fully saturated rings. The highest BCUT2D eigenvalue weighted by Crippen LogP contribution is 2.26. The molecule has 0 saturated heterocycles. The first-order chi connectivity index (χ1) is 7.16. The largest absolute Gasteiger partial charge is 0.384 e. The second-order valence-corrected chi connectivity index (χ2v) is 3.87. The molecule has 76 valence electrons. The van der Waals surface area contributed by atoms with E-state index < -0.39 is 0 Å². The maximum atomic E-state index is 5.95. The van der Waals surface area contributed by atoms with Crippen LogP contribution in [0.25, 0.3) is 11.1 Å². The number of aryl methyl sites for hydroxylation is 1. The fourth-order valence-electron chi connectivity index (χ4n) is 1.47. The van der Waals surface area contributed by atoms with Crippen LogP contribution in [-0.4, -0.2) is 4.98 Å². The Morgan fingerprint density at radius 3 is 2.67 bits per heavy atom. The average molecular weight is 219 g/mol. The Balaban J connectivity index is 2.53. The van der Waals surface area contributed by atoms with Crippen molar-refractivity contribution in [3.8, 4) is 11.1 Å². The first-order valence-corrected chi connectivity index (χ1v) is 5.02. The maximum Gasteiger partial charge on any atom is 0.123 e. The second kappa shape index (κ2) is 3.91. The van der Waals surface area contributed by atoms with Crippen LogP contribution in [0.1, 0.15) is 5.56 Å². The van der Waals surface area contributed by atoms with Crippen molar-refractivity contribution >= 4 is 17.4 Å². The van der Waals surface area contributed by atoms with Crippen molar-refractivity contribution in [3.05, 3.63) is 47.1 Å². The number of hydrogen-bond donors (Lipinski definition) is 1. The summed E-state index contributed by atoms with van der Waals surface area (Å²) in [7, 11) is 0. The van der Waals surface area contributed by atoms with Gasteiger partial charge in [-0.05, 0) is 42.3 Å². The highest BCUT2D eigenvalue weighted by molar-refractivity contribution is 6.30. The van der Waals surface area contributed by atoms with E-state index in [1.807, 2.05) is 31.2 Å². The Bertz CT molecular complexity index is 477. The topological polar surface area (TPSA) is 38.9 Å². The summed E-state index contributed by atoms with van der Waals surface area (Å²) in [5.74, 6) is 0.526. The van der Waals surface area contributed by atoms with Crippen LogP contribution in [0.2, 0.25) is 5.02 Å². The summed E-state index contributed by atoms with van der Waals surface area (Å²) in [6, 6.07) is 9.54. The molecule has 0 radical (unpaired) electrons. The minimum absolute atomic E-state index is 0.526. The SMILES string of the molecule is Cc1ccc(Cl)cc1-c1ccc(N)nc1. The third-order valence-electron chi connectivity index (χ3n) is 2.30. The van der Waals surface area contributed by atoms with Gasteiger partial charge in [0.1, 0.15) is 5.82 Å². The zero-order valence-electron chi connectivity index (χ0n) is 8.37. The molecule has 0 aliphatic carbocycles. The second-order valence-electron chi connectivity index (χ2n) is 3.43. The van der Waals surface area contributed by atoms with Gasteiger partial charge in [0.05, 0.1) is 0 Å². The molecule has 2 nitrogen and oxygen atoms in total. The third-order valence-corrected chi connectivity index (χ3v) is 2.53. The van der Waals surface area contributed by atoms with Gasteiger partial charge in [0.15, 0.2) is 0 Å². The van der Waals surface area contributed by atoms with E-state index in [-0.39, 0.29) is 0 Å². The van der Waals surface area contributed by atoms with Crippen LogP contribution in [0.4, 0.5) is 5.82 Å². The van der Waals surface area contributed by atoms with Crippen molar-refractivity contribution < 1.29 is 0 Å².